The summed E-state index contributed by atoms with van der Waals surface area (Å²) in [5.41, 5.74) is 5.31. The Morgan fingerprint density at radius 1 is 1.08 bits per heavy atom. The van der Waals surface area contributed by atoms with Crippen molar-refractivity contribution >= 4 is 51.1 Å². The van der Waals surface area contributed by atoms with Crippen molar-refractivity contribution in [3.05, 3.63) is 46.7 Å². The third kappa shape index (κ3) is 3.91. The lowest BCUT2D eigenvalue weighted by molar-refractivity contribution is -0.137. The minimum atomic E-state index is -4.57. The minimum absolute atomic E-state index is 0.140. The smallest absolute Gasteiger partial charge is 0.393 e. The van der Waals surface area contributed by atoms with Gasteiger partial charge in [0.2, 0.25) is 0 Å². The van der Waals surface area contributed by atoms with Crippen LogP contribution in [0.15, 0.2) is 36.1 Å². The van der Waals surface area contributed by atoms with Crippen molar-refractivity contribution in [1.82, 2.24) is 15.0 Å². The molecule has 0 spiro atoms. The van der Waals surface area contributed by atoms with E-state index in [1.54, 1.807) is 11.6 Å². The summed E-state index contributed by atoms with van der Waals surface area (Å²) in [4.78, 5) is 12.0. The number of hydrogen-bond donors (Lipinski definition) is 3. The molecule has 0 aliphatic heterocycles. The van der Waals surface area contributed by atoms with Crippen LogP contribution in [0.1, 0.15) is 5.56 Å². The van der Waals surface area contributed by atoms with Crippen LogP contribution < -0.4 is 16.4 Å². The van der Waals surface area contributed by atoms with Crippen molar-refractivity contribution in [2.45, 2.75) is 6.18 Å². The molecule has 3 aromatic rings. The second-order valence-electron chi connectivity index (χ2n) is 4.76. The Bertz CT molecular complexity index is 885. The molecule has 1 aromatic carbocycles. The number of halogens is 4. The molecule has 4 N–H and O–H groups in total. The van der Waals surface area contributed by atoms with Gasteiger partial charge in [-0.15, -0.1) is 11.3 Å². The van der Waals surface area contributed by atoms with Gasteiger partial charge >= 0.3 is 6.18 Å². The maximum Gasteiger partial charge on any atom is 0.417 e. The monoisotopic (exact) mass is 386 g/mol. The average Bonchev–Trinajstić information content (AvgIpc) is 3.05. The summed E-state index contributed by atoms with van der Waals surface area (Å²) in [7, 11) is 0. The predicted molar refractivity (Wildman–Crippen MR) is 91.6 cm³/mol. The molecule has 3 rings (SSSR count). The number of nitrogens with one attached hydrogen (secondary N) is 2. The Morgan fingerprint density at radius 2 is 1.80 bits per heavy atom. The molecule has 0 aliphatic carbocycles. The van der Waals surface area contributed by atoms with E-state index < -0.39 is 11.7 Å². The maximum atomic E-state index is 12.9. The van der Waals surface area contributed by atoms with Crippen LogP contribution in [0.4, 0.5) is 41.3 Å². The van der Waals surface area contributed by atoms with Crippen molar-refractivity contribution in [2.24, 2.45) is 0 Å². The van der Waals surface area contributed by atoms with Crippen LogP contribution in [0.5, 0.6) is 0 Å². The number of nitrogens with two attached hydrogens (primary N) is 1. The van der Waals surface area contributed by atoms with E-state index in [1.807, 2.05) is 0 Å². The summed E-state index contributed by atoms with van der Waals surface area (Å²) >= 11 is 6.95. The van der Waals surface area contributed by atoms with Crippen LogP contribution in [0.2, 0.25) is 5.02 Å². The van der Waals surface area contributed by atoms with Gasteiger partial charge < -0.3 is 16.4 Å². The highest BCUT2D eigenvalue weighted by molar-refractivity contribution is 7.13. The molecule has 2 heterocycles. The summed E-state index contributed by atoms with van der Waals surface area (Å²) in [6.07, 6.45) is -1.73. The van der Waals surface area contributed by atoms with E-state index >= 15 is 0 Å². The number of hydrogen-bond acceptors (Lipinski definition) is 7. The molecule has 11 heteroatoms. The number of benzene rings is 1. The lowest BCUT2D eigenvalue weighted by Crippen LogP contribution is -2.08. The van der Waals surface area contributed by atoms with Gasteiger partial charge in [-0.2, -0.15) is 13.2 Å². The number of anilines is 5. The summed E-state index contributed by atoms with van der Waals surface area (Å²) in [6.45, 7) is 0. The molecule has 25 heavy (non-hydrogen) atoms. The fourth-order valence-electron chi connectivity index (χ4n) is 1.94. The molecule has 0 bridgehead atoms. The van der Waals surface area contributed by atoms with Crippen LogP contribution in [-0.4, -0.2) is 15.0 Å². The molecule has 0 amide bonds. The third-order valence-corrected chi connectivity index (χ3v) is 4.09. The van der Waals surface area contributed by atoms with Crippen LogP contribution in [0.25, 0.3) is 0 Å². The highest BCUT2D eigenvalue weighted by atomic mass is 35.5. The Kier molecular flexibility index (Phi) is 4.64. The zero-order valence-electron chi connectivity index (χ0n) is 12.3. The Labute approximate surface area is 148 Å². The number of thiazole rings is 1. The number of alkyl halides is 3. The van der Waals surface area contributed by atoms with Crippen molar-refractivity contribution in [2.75, 3.05) is 16.4 Å². The molecule has 0 unspecified atom stereocenters. The molecule has 6 nitrogen and oxygen atoms in total. The van der Waals surface area contributed by atoms with Gasteiger partial charge in [0.25, 0.3) is 0 Å². The predicted octanol–water partition coefficient (Wildman–Crippen LogP) is 4.67. The minimum Gasteiger partial charge on any atom is -0.393 e. The molecule has 0 atom stereocenters. The fraction of sp³-hybridized carbons (Fsp3) is 0.0714. The van der Waals surface area contributed by atoms with Crippen LogP contribution in [0.3, 0.4) is 0 Å². The molecule has 2 aromatic heterocycles. The molecule has 130 valence electrons. The zero-order valence-corrected chi connectivity index (χ0v) is 13.9. The quantitative estimate of drug-likeness (QED) is 0.603. The van der Waals surface area contributed by atoms with E-state index in [2.05, 4.69) is 25.6 Å². The van der Waals surface area contributed by atoms with E-state index in [-0.39, 0.29) is 28.0 Å². The topological polar surface area (TPSA) is 88.8 Å². The van der Waals surface area contributed by atoms with Crippen LogP contribution >= 0.6 is 22.9 Å². The number of nitrogens with zero attached hydrogens (tertiary/aromatic N) is 3. The van der Waals surface area contributed by atoms with E-state index in [0.717, 1.165) is 12.1 Å². The SMILES string of the molecule is Nc1c(Nc2ccc(Cl)c(C(F)(F)F)c2)ncnc1Nc1nccs1. The van der Waals surface area contributed by atoms with E-state index in [4.69, 9.17) is 17.3 Å². The van der Waals surface area contributed by atoms with Crippen molar-refractivity contribution in [3.8, 4) is 0 Å². The number of rotatable bonds is 4. The standard InChI is InChI=1S/C14H10ClF3N6S/c15-9-2-1-7(5-8(9)14(16,17)18)23-11-10(19)12(22-6-21-11)24-13-20-3-4-25-13/h1-6H,19H2,(H2,20,21,22,23,24). The van der Waals surface area contributed by atoms with E-state index in [9.17, 15) is 13.2 Å². The molecule has 0 saturated heterocycles. The van der Waals surface area contributed by atoms with Gasteiger partial charge in [-0.1, -0.05) is 11.6 Å². The highest BCUT2D eigenvalue weighted by Gasteiger charge is 2.33. The van der Waals surface area contributed by atoms with Gasteiger partial charge in [0.05, 0.1) is 10.6 Å². The van der Waals surface area contributed by atoms with Gasteiger partial charge in [-0.05, 0) is 18.2 Å². The molecular weight excluding hydrogens is 377 g/mol. The van der Waals surface area contributed by atoms with Crippen molar-refractivity contribution in [1.29, 1.82) is 0 Å². The van der Waals surface area contributed by atoms with Gasteiger partial charge in [-0.25, -0.2) is 15.0 Å². The number of aromatic nitrogens is 3. The van der Waals surface area contributed by atoms with E-state index in [1.165, 1.54) is 23.7 Å². The first-order valence-electron chi connectivity index (χ1n) is 6.75. The lowest BCUT2D eigenvalue weighted by Gasteiger charge is -2.14. The van der Waals surface area contributed by atoms with Crippen LogP contribution in [-0.2, 0) is 6.18 Å². The Balaban J connectivity index is 1.89. The molecule has 0 aliphatic rings. The van der Waals surface area contributed by atoms with Crippen molar-refractivity contribution < 1.29 is 13.2 Å². The first-order chi connectivity index (χ1) is 11.8. The summed E-state index contributed by atoms with van der Waals surface area (Å²) in [5, 5.41) is 7.60. The summed E-state index contributed by atoms with van der Waals surface area (Å²) in [6, 6.07) is 3.43. The molecule has 0 saturated carbocycles. The molecule has 0 fully saturated rings. The third-order valence-electron chi connectivity index (χ3n) is 3.08. The lowest BCUT2D eigenvalue weighted by atomic mass is 10.2. The first-order valence-corrected chi connectivity index (χ1v) is 8.01. The van der Waals surface area contributed by atoms with Crippen LogP contribution in [0, 0.1) is 0 Å². The second-order valence-corrected chi connectivity index (χ2v) is 6.07. The molecule has 0 radical (unpaired) electrons. The average molecular weight is 387 g/mol. The number of nitrogen functional groups attached to an aromatic ring is 1. The van der Waals surface area contributed by atoms with Gasteiger partial charge in [0, 0.05) is 17.3 Å². The van der Waals surface area contributed by atoms with Gasteiger partial charge in [0.15, 0.2) is 16.8 Å². The maximum absolute atomic E-state index is 12.9. The largest absolute Gasteiger partial charge is 0.417 e. The Hall–Kier alpha value is -2.59. The first kappa shape index (κ1) is 17.2. The van der Waals surface area contributed by atoms with Gasteiger partial charge in [-0.3, -0.25) is 0 Å². The normalized spacial score (nSPS) is 11.4. The summed E-state index contributed by atoms with van der Waals surface area (Å²) < 4.78 is 38.8. The van der Waals surface area contributed by atoms with E-state index in [0.29, 0.717) is 5.13 Å². The zero-order chi connectivity index (χ0) is 18.0. The fourth-order valence-corrected chi connectivity index (χ4v) is 2.69. The van der Waals surface area contributed by atoms with Gasteiger partial charge in [0.1, 0.15) is 12.0 Å². The Morgan fingerprint density at radius 3 is 2.44 bits per heavy atom. The van der Waals surface area contributed by atoms with Crippen molar-refractivity contribution in [3.63, 3.8) is 0 Å². The highest BCUT2D eigenvalue weighted by Crippen LogP contribution is 2.37. The molecular formula is C14H10ClF3N6S. The second kappa shape index (κ2) is 6.73. The summed E-state index contributed by atoms with van der Waals surface area (Å²) in [5.74, 6) is 0.446.